The van der Waals surface area contributed by atoms with Crippen molar-refractivity contribution in [3.63, 3.8) is 0 Å². The number of benzene rings is 1. The first kappa shape index (κ1) is 26.4. The van der Waals surface area contributed by atoms with Gasteiger partial charge in [0.2, 0.25) is 0 Å². The summed E-state index contributed by atoms with van der Waals surface area (Å²) in [5.74, 6) is 0. The van der Waals surface area contributed by atoms with E-state index in [2.05, 4.69) is 69.6 Å². The van der Waals surface area contributed by atoms with Crippen LogP contribution in [0.4, 0.5) is 4.79 Å². The average molecular weight is 513 g/mol. The van der Waals surface area contributed by atoms with E-state index in [1.807, 2.05) is 37.8 Å². The molecule has 176 valence electrons. The number of likely N-dealkylation sites (tertiary alicyclic amines) is 1. The molecule has 0 N–H and O–H groups in total. The Morgan fingerprint density at radius 2 is 1.55 bits per heavy atom. The summed E-state index contributed by atoms with van der Waals surface area (Å²) in [7, 11) is -2.00. The number of halogens is 1. The van der Waals surface area contributed by atoms with E-state index in [-0.39, 0.29) is 18.2 Å². The Morgan fingerprint density at radius 1 is 1.03 bits per heavy atom. The molecule has 2 atom stereocenters. The zero-order chi connectivity index (χ0) is 23.6. The molecule has 0 aromatic heterocycles. The molecule has 1 amide bonds. The lowest BCUT2D eigenvalue weighted by Gasteiger charge is -2.43. The minimum atomic E-state index is -2.00. The number of carbonyl (C=O) groups is 1. The maximum Gasteiger partial charge on any atom is 0.411 e. The lowest BCUT2D eigenvalue weighted by molar-refractivity contribution is 0.00916. The predicted molar refractivity (Wildman–Crippen MR) is 135 cm³/mol. The first-order chi connectivity index (χ1) is 14.3. The fourth-order valence-corrected chi connectivity index (χ4v) is 11.1. The van der Waals surface area contributed by atoms with Gasteiger partial charge in [-0.2, -0.15) is 0 Å². The molecule has 0 aliphatic carbocycles. The molecule has 1 fully saturated rings. The van der Waals surface area contributed by atoms with Gasteiger partial charge in [0, 0.05) is 4.47 Å². The predicted octanol–water partition coefficient (Wildman–Crippen LogP) is 8.08. The highest BCUT2D eigenvalue weighted by Crippen LogP contribution is 2.44. The molecule has 4 nitrogen and oxygen atoms in total. The second kappa shape index (κ2) is 10.4. The van der Waals surface area contributed by atoms with E-state index < -0.39 is 13.9 Å². The van der Waals surface area contributed by atoms with Crippen molar-refractivity contribution >= 4 is 30.3 Å². The minimum absolute atomic E-state index is 0.0183. The molecular formula is C25H42BrNO3Si. The van der Waals surface area contributed by atoms with Crippen LogP contribution < -0.4 is 0 Å². The second-order valence-corrected chi connectivity index (χ2v) is 17.2. The van der Waals surface area contributed by atoms with Crippen LogP contribution in [0.15, 0.2) is 28.7 Å². The Kier molecular flexibility index (Phi) is 8.85. The Bertz CT molecular complexity index is 706. The SMILES string of the molecule is CC(C)[Si](OC[C@@H]1CC[C@H](c2ccc(Br)cc2)N1C(=O)OC(C)(C)C)(C(C)C)C(C)C. The molecule has 6 heteroatoms. The number of hydrogen-bond donors (Lipinski definition) is 0. The number of amides is 1. The average Bonchev–Trinajstić information content (AvgIpc) is 3.04. The smallest absolute Gasteiger partial charge is 0.411 e. The maximum absolute atomic E-state index is 13.3. The lowest BCUT2D eigenvalue weighted by Crippen LogP contribution is -2.51. The molecule has 1 aliphatic rings. The highest BCUT2D eigenvalue weighted by atomic mass is 79.9. The van der Waals surface area contributed by atoms with Crippen LogP contribution in [0.3, 0.4) is 0 Å². The van der Waals surface area contributed by atoms with Gasteiger partial charge in [0.1, 0.15) is 5.60 Å². The second-order valence-electron chi connectivity index (χ2n) is 10.8. The van der Waals surface area contributed by atoms with Crippen molar-refractivity contribution in [1.82, 2.24) is 4.90 Å². The summed E-state index contributed by atoms with van der Waals surface area (Å²) in [6.07, 6.45) is 1.62. The molecule has 0 spiro atoms. The van der Waals surface area contributed by atoms with Crippen LogP contribution in [-0.2, 0) is 9.16 Å². The fourth-order valence-electron chi connectivity index (χ4n) is 5.39. The number of nitrogens with zero attached hydrogens (tertiary/aromatic N) is 1. The number of carbonyl (C=O) groups excluding carboxylic acids is 1. The standard InChI is InChI=1S/C25H42BrNO3Si/c1-17(2)31(18(3)4,19(5)6)29-16-22-14-15-23(20-10-12-21(26)13-11-20)27(22)24(28)30-25(7,8)9/h10-13,17-19,22-23H,14-16H2,1-9H3/t22-,23+/m0/s1. The summed E-state index contributed by atoms with van der Waals surface area (Å²) in [5.41, 5.74) is 2.18. The van der Waals surface area contributed by atoms with Gasteiger partial charge < -0.3 is 9.16 Å². The highest BCUT2D eigenvalue weighted by molar-refractivity contribution is 9.10. The van der Waals surface area contributed by atoms with Gasteiger partial charge >= 0.3 is 6.09 Å². The molecule has 31 heavy (non-hydrogen) atoms. The van der Waals surface area contributed by atoms with Gasteiger partial charge in [0.15, 0.2) is 8.32 Å². The van der Waals surface area contributed by atoms with Gasteiger partial charge in [0.05, 0.1) is 18.7 Å². The van der Waals surface area contributed by atoms with Gasteiger partial charge in [-0.25, -0.2) is 4.79 Å². The first-order valence-electron chi connectivity index (χ1n) is 11.7. The van der Waals surface area contributed by atoms with Crippen molar-refractivity contribution in [3.8, 4) is 0 Å². The van der Waals surface area contributed by atoms with Gasteiger partial charge in [0.25, 0.3) is 0 Å². The van der Waals surface area contributed by atoms with Gasteiger partial charge in [-0.1, -0.05) is 69.6 Å². The molecule has 1 heterocycles. The molecule has 1 aromatic carbocycles. The van der Waals surface area contributed by atoms with Crippen molar-refractivity contribution in [3.05, 3.63) is 34.3 Å². The van der Waals surface area contributed by atoms with Crippen LogP contribution in [0.1, 0.15) is 86.8 Å². The molecule has 0 radical (unpaired) electrons. The molecule has 0 bridgehead atoms. The van der Waals surface area contributed by atoms with E-state index in [1.54, 1.807) is 0 Å². The van der Waals surface area contributed by atoms with Crippen LogP contribution in [0.25, 0.3) is 0 Å². The van der Waals surface area contributed by atoms with Crippen LogP contribution in [0.2, 0.25) is 16.6 Å². The van der Waals surface area contributed by atoms with E-state index in [0.29, 0.717) is 23.2 Å². The highest BCUT2D eigenvalue weighted by Gasteiger charge is 2.47. The number of rotatable bonds is 7. The molecule has 0 unspecified atom stereocenters. The Morgan fingerprint density at radius 3 is 2.00 bits per heavy atom. The van der Waals surface area contributed by atoms with Crippen molar-refractivity contribution in [1.29, 1.82) is 0 Å². The van der Waals surface area contributed by atoms with E-state index >= 15 is 0 Å². The van der Waals surface area contributed by atoms with Gasteiger partial charge in [-0.3, -0.25) is 4.90 Å². The largest absolute Gasteiger partial charge is 0.444 e. The minimum Gasteiger partial charge on any atom is -0.444 e. The van der Waals surface area contributed by atoms with E-state index in [0.717, 1.165) is 22.9 Å². The van der Waals surface area contributed by atoms with Gasteiger partial charge in [-0.15, -0.1) is 0 Å². The van der Waals surface area contributed by atoms with E-state index in [4.69, 9.17) is 9.16 Å². The lowest BCUT2D eigenvalue weighted by atomic mass is 10.1. The Balaban J connectivity index is 2.31. The Hall–Kier alpha value is -0.853. The molecule has 1 saturated heterocycles. The quantitative estimate of drug-likeness (QED) is 0.347. The maximum atomic E-state index is 13.3. The van der Waals surface area contributed by atoms with Crippen molar-refractivity contribution in [2.75, 3.05) is 6.61 Å². The molecule has 0 saturated carbocycles. The molecule has 2 rings (SSSR count). The number of hydrogen-bond acceptors (Lipinski definition) is 3. The van der Waals surface area contributed by atoms with Crippen molar-refractivity contribution in [2.24, 2.45) is 0 Å². The van der Waals surface area contributed by atoms with Crippen molar-refractivity contribution in [2.45, 2.75) is 109 Å². The third-order valence-electron chi connectivity index (χ3n) is 6.59. The van der Waals surface area contributed by atoms with E-state index in [1.165, 1.54) is 0 Å². The molecule has 1 aromatic rings. The summed E-state index contributed by atoms with van der Waals surface area (Å²) in [6.45, 7) is 20.2. The zero-order valence-electron chi connectivity index (χ0n) is 20.9. The summed E-state index contributed by atoms with van der Waals surface area (Å²) >= 11 is 3.52. The van der Waals surface area contributed by atoms with Gasteiger partial charge in [-0.05, 0) is 67.9 Å². The number of ether oxygens (including phenoxy) is 1. The van der Waals surface area contributed by atoms with Crippen LogP contribution in [0.5, 0.6) is 0 Å². The molecule has 1 aliphatic heterocycles. The zero-order valence-corrected chi connectivity index (χ0v) is 23.5. The summed E-state index contributed by atoms with van der Waals surface area (Å²) in [5, 5.41) is 0. The summed E-state index contributed by atoms with van der Waals surface area (Å²) in [4.78, 5) is 15.3. The van der Waals surface area contributed by atoms with Crippen LogP contribution in [-0.4, -0.2) is 37.6 Å². The Labute approximate surface area is 199 Å². The monoisotopic (exact) mass is 511 g/mol. The van der Waals surface area contributed by atoms with Crippen LogP contribution in [0, 0.1) is 0 Å². The first-order valence-corrected chi connectivity index (χ1v) is 14.6. The molecular weight excluding hydrogens is 470 g/mol. The van der Waals surface area contributed by atoms with E-state index in [9.17, 15) is 4.79 Å². The normalized spacial score (nSPS) is 20.2. The summed E-state index contributed by atoms with van der Waals surface area (Å²) in [6, 6.07) is 8.34. The van der Waals surface area contributed by atoms with Crippen molar-refractivity contribution < 1.29 is 14.0 Å². The third kappa shape index (κ3) is 6.14. The fraction of sp³-hybridized carbons (Fsp3) is 0.720. The third-order valence-corrected chi connectivity index (χ3v) is 13.2. The topological polar surface area (TPSA) is 38.8 Å². The summed E-state index contributed by atoms with van der Waals surface area (Å²) < 4.78 is 13.8. The van der Waals surface area contributed by atoms with Crippen LogP contribution >= 0.6 is 15.9 Å².